The first-order chi connectivity index (χ1) is 42.6. The second-order valence-electron chi connectivity index (χ2n) is 26.7. The Balaban J connectivity index is 0.782. The Morgan fingerprint density at radius 1 is 0.730 bits per heavy atom. The molecule has 7 aliphatic rings. The van der Waals surface area contributed by atoms with Crippen LogP contribution < -0.4 is 15.4 Å². The van der Waals surface area contributed by atoms with Gasteiger partial charge in [0.05, 0.1) is 38.1 Å². The van der Waals surface area contributed by atoms with Crippen LogP contribution in [0, 0.1) is 40.4 Å². The SMILES string of the molecule is COc1ccc(C(=O)OC2C(OC3C(O)COC(O[C@H]4C[C@H]5[C@@H]6CC=C7C[C@@H](O)CC[C@]7(C)C6CC[C@]5(C)[C@@]4(O)[C@H](C)C(=O)CCC(C)C)C3OC(C)=O)OCC(OC(=O)NCCCCCCNC(=O)OCC3c4ccccc4-c4ccccc43)C2O)cc1. The molecular formula is C69H92N2O18. The molecule has 486 valence electrons. The maximum atomic E-state index is 14.4. The number of carbonyl (C=O) groups excluding carboxylic acids is 5. The number of ether oxygens (including phenoxy) is 9. The Bertz CT molecular complexity index is 2960. The predicted molar refractivity (Wildman–Crippen MR) is 325 cm³/mol. The van der Waals surface area contributed by atoms with Crippen molar-refractivity contribution in [3.8, 4) is 16.9 Å². The first-order valence-electron chi connectivity index (χ1n) is 32.2. The molecule has 17 atom stereocenters. The number of hydrogen-bond acceptors (Lipinski definition) is 18. The molecule has 5 aliphatic carbocycles. The fourth-order valence-corrected chi connectivity index (χ4v) is 16.0. The molecule has 10 rings (SSSR count). The van der Waals surface area contributed by atoms with Gasteiger partial charge in [0, 0.05) is 43.7 Å². The summed E-state index contributed by atoms with van der Waals surface area (Å²) < 4.78 is 54.3. The van der Waals surface area contributed by atoms with E-state index in [0.29, 0.717) is 63.7 Å². The van der Waals surface area contributed by atoms with Crippen molar-refractivity contribution in [1.29, 1.82) is 0 Å². The lowest BCUT2D eigenvalue weighted by atomic mass is 9.46. The standard InChI is InChI=1S/C69H92N2O18/c1-39(2)20-27-54(74)40(3)69(80)57(35-53-50-26-23-43-34-44(73)28-30-67(43,5)52(50)29-31-68(53,69)6)87-64-61(85-41(4)72)59(55(75)37-82-64)89-63-60(88-62(77)42-21-24-45(81-7)25-22-42)58(76)56(38-83-63)86-66(79)71-33-15-9-8-14-32-70-65(78)84-36-51-48-18-12-10-16-46(48)47-17-11-13-19-49(47)51/h10-13,16-19,21-25,39-40,44,50-53,55-61,63-64,73,75-76,80H,8-9,14-15,20,26-38H2,1-7H3,(H,70,78)(H,71,79)/t40-,44+,50-,52?,53+,55?,56?,57+,58?,59?,60?,61?,63?,64?,67+,68+,69-/m1/s1. The molecule has 0 aromatic heterocycles. The quantitative estimate of drug-likeness (QED) is 0.0224. The van der Waals surface area contributed by atoms with Crippen molar-refractivity contribution in [1.82, 2.24) is 10.6 Å². The number of methoxy groups -OCH3 is 1. The molecule has 3 saturated carbocycles. The van der Waals surface area contributed by atoms with Crippen molar-refractivity contribution < 1.29 is 87.0 Å². The number of ketones is 1. The van der Waals surface area contributed by atoms with E-state index in [4.69, 9.17) is 42.6 Å². The van der Waals surface area contributed by atoms with Gasteiger partial charge in [-0.3, -0.25) is 9.59 Å². The van der Waals surface area contributed by atoms with Gasteiger partial charge in [-0.15, -0.1) is 0 Å². The van der Waals surface area contributed by atoms with E-state index in [1.807, 2.05) is 38.1 Å². The number of rotatable bonds is 23. The minimum atomic E-state index is -1.76. The third-order valence-corrected chi connectivity index (χ3v) is 21.0. The van der Waals surface area contributed by atoms with Crippen LogP contribution >= 0.6 is 0 Å². The summed E-state index contributed by atoms with van der Waals surface area (Å²) >= 11 is 0. The average Bonchev–Trinajstić information content (AvgIpc) is 1.61. The Morgan fingerprint density at radius 2 is 1.38 bits per heavy atom. The van der Waals surface area contributed by atoms with Gasteiger partial charge in [-0.25, -0.2) is 14.4 Å². The molecule has 3 aromatic carbocycles. The normalized spacial score (nSPS) is 33.2. The minimum Gasteiger partial charge on any atom is -0.497 e. The van der Waals surface area contributed by atoms with E-state index in [9.17, 15) is 44.4 Å². The minimum absolute atomic E-state index is 0.0418. The number of aliphatic hydroxyl groups excluding tert-OH is 3. The van der Waals surface area contributed by atoms with Gasteiger partial charge in [-0.05, 0) is 140 Å². The molecule has 2 heterocycles. The lowest BCUT2D eigenvalue weighted by Crippen LogP contribution is -2.64. The highest BCUT2D eigenvalue weighted by molar-refractivity contribution is 5.89. The van der Waals surface area contributed by atoms with Crippen LogP contribution in [-0.4, -0.2) is 157 Å². The summed E-state index contributed by atoms with van der Waals surface area (Å²) in [4.78, 5) is 67.4. The maximum Gasteiger partial charge on any atom is 0.407 e. The predicted octanol–water partition coefficient (Wildman–Crippen LogP) is 8.86. The summed E-state index contributed by atoms with van der Waals surface area (Å²) in [5, 5.41) is 53.7. The van der Waals surface area contributed by atoms with Crippen molar-refractivity contribution in [2.24, 2.45) is 40.4 Å². The van der Waals surface area contributed by atoms with Crippen LogP contribution in [0.5, 0.6) is 5.75 Å². The Morgan fingerprint density at radius 3 is 2.04 bits per heavy atom. The summed E-state index contributed by atoms with van der Waals surface area (Å²) in [5.41, 5.74) is 3.28. The number of amides is 2. The van der Waals surface area contributed by atoms with Gasteiger partial charge in [0.1, 0.15) is 42.1 Å². The van der Waals surface area contributed by atoms with E-state index in [1.54, 1.807) is 19.1 Å². The van der Waals surface area contributed by atoms with Crippen molar-refractivity contribution in [3.63, 3.8) is 0 Å². The van der Waals surface area contributed by atoms with Crippen LogP contribution in [0.1, 0.15) is 152 Å². The molecule has 0 radical (unpaired) electrons. The first kappa shape index (κ1) is 66.0. The van der Waals surface area contributed by atoms with Gasteiger partial charge < -0.3 is 73.7 Å². The number of Topliss-reactive ketones (excluding diaryl/α,β-unsaturated/α-hetero) is 1. The van der Waals surface area contributed by atoms with Gasteiger partial charge in [-0.2, -0.15) is 0 Å². The number of fused-ring (bicyclic) bond motifs is 8. The van der Waals surface area contributed by atoms with Crippen LogP contribution in [-0.2, 0) is 47.5 Å². The van der Waals surface area contributed by atoms with Crippen LogP contribution in [0.3, 0.4) is 0 Å². The smallest absolute Gasteiger partial charge is 0.407 e. The van der Waals surface area contributed by atoms with Gasteiger partial charge >= 0.3 is 24.1 Å². The van der Waals surface area contributed by atoms with Crippen molar-refractivity contribution in [3.05, 3.63) is 101 Å². The summed E-state index contributed by atoms with van der Waals surface area (Å²) in [6, 6.07) is 22.3. The number of carbonyl (C=O) groups is 5. The molecule has 0 spiro atoms. The highest BCUT2D eigenvalue weighted by atomic mass is 16.8. The molecule has 2 aliphatic heterocycles. The molecule has 20 heteroatoms. The molecule has 5 fully saturated rings. The number of hydrogen-bond donors (Lipinski definition) is 6. The molecule has 0 bridgehead atoms. The zero-order valence-electron chi connectivity index (χ0n) is 52.5. The third kappa shape index (κ3) is 13.8. The number of alkyl carbamates (subject to hydrolysis) is 2. The van der Waals surface area contributed by atoms with Crippen LogP contribution in [0.4, 0.5) is 9.59 Å². The highest BCUT2D eigenvalue weighted by Gasteiger charge is 2.71. The molecule has 3 aromatic rings. The first-order valence-corrected chi connectivity index (χ1v) is 32.2. The second-order valence-corrected chi connectivity index (χ2v) is 26.7. The maximum absolute atomic E-state index is 14.4. The fourth-order valence-electron chi connectivity index (χ4n) is 16.0. The van der Waals surface area contributed by atoms with Crippen molar-refractivity contribution in [2.45, 2.75) is 198 Å². The second kappa shape index (κ2) is 28.3. The van der Waals surface area contributed by atoms with E-state index in [2.05, 4.69) is 54.8 Å². The summed E-state index contributed by atoms with van der Waals surface area (Å²) in [5.74, 6) is -1.69. The van der Waals surface area contributed by atoms with E-state index < -0.39 is 110 Å². The number of esters is 2. The van der Waals surface area contributed by atoms with Crippen molar-refractivity contribution >= 4 is 29.9 Å². The molecule has 9 unspecified atom stereocenters. The molecular weight excluding hydrogens is 1140 g/mol. The van der Waals surface area contributed by atoms with E-state index in [0.717, 1.165) is 47.9 Å². The zero-order valence-corrected chi connectivity index (χ0v) is 52.5. The van der Waals surface area contributed by atoms with E-state index in [-0.39, 0.29) is 72.0 Å². The Kier molecular flexibility index (Phi) is 21.0. The third-order valence-electron chi connectivity index (χ3n) is 21.0. The molecule has 89 heavy (non-hydrogen) atoms. The zero-order chi connectivity index (χ0) is 63.4. The van der Waals surface area contributed by atoms with Gasteiger partial charge in [0.2, 0.25) is 0 Å². The lowest BCUT2D eigenvalue weighted by Gasteiger charge is -2.59. The Labute approximate surface area is 522 Å². The van der Waals surface area contributed by atoms with E-state index >= 15 is 0 Å². The number of unbranched alkanes of at least 4 members (excludes halogenated alkanes) is 3. The average molecular weight is 1240 g/mol. The van der Waals surface area contributed by atoms with Gasteiger partial charge in [0.25, 0.3) is 0 Å². The van der Waals surface area contributed by atoms with Gasteiger partial charge in [-0.1, -0.05) is 108 Å². The molecule has 2 amide bonds. The summed E-state index contributed by atoms with van der Waals surface area (Å²) in [6.45, 7) is 11.4. The van der Waals surface area contributed by atoms with Crippen molar-refractivity contribution in [2.75, 3.05) is 40.0 Å². The monoisotopic (exact) mass is 1240 g/mol. The number of allylic oxidation sites excluding steroid dienone is 1. The largest absolute Gasteiger partial charge is 0.497 e. The molecule has 20 nitrogen and oxygen atoms in total. The van der Waals surface area contributed by atoms with E-state index in [1.165, 1.54) is 31.7 Å². The summed E-state index contributed by atoms with van der Waals surface area (Å²) in [7, 11) is 1.47. The van der Waals surface area contributed by atoms with Crippen LogP contribution in [0.15, 0.2) is 84.4 Å². The fraction of sp³-hybridized carbons (Fsp3) is 0.638. The van der Waals surface area contributed by atoms with Gasteiger partial charge in [0.15, 0.2) is 30.9 Å². The topological polar surface area (TPSA) is 273 Å². The number of aliphatic hydroxyl groups is 4. The van der Waals surface area contributed by atoms with Crippen LogP contribution in [0.2, 0.25) is 0 Å². The Hall–Kier alpha value is -5.97. The van der Waals surface area contributed by atoms with Crippen LogP contribution in [0.25, 0.3) is 11.1 Å². The highest BCUT2D eigenvalue weighted by Crippen LogP contribution is 2.69. The molecule has 6 N–H and O–H groups in total. The number of nitrogens with one attached hydrogen (secondary N) is 2. The molecule has 2 saturated heterocycles. The lowest BCUT2D eigenvalue weighted by molar-refractivity contribution is -0.345. The number of benzene rings is 3. The summed E-state index contributed by atoms with van der Waals surface area (Å²) in [6.07, 6.45) is -4.70.